The third-order valence-electron chi connectivity index (χ3n) is 4.31. The second-order valence-corrected chi connectivity index (χ2v) is 7.33. The lowest BCUT2D eigenvalue weighted by Gasteiger charge is -2.23. The van der Waals surface area contributed by atoms with Crippen molar-refractivity contribution in [2.24, 2.45) is 0 Å². The number of aliphatic hydroxyl groups is 2. The van der Waals surface area contributed by atoms with E-state index in [9.17, 15) is 15.0 Å². The second-order valence-electron chi connectivity index (χ2n) is 7.33. The summed E-state index contributed by atoms with van der Waals surface area (Å²) in [5, 5.41) is 26.4. The average molecular weight is 364 g/mol. The van der Waals surface area contributed by atoms with Crippen LogP contribution in [-0.4, -0.2) is 66.7 Å². The average Bonchev–Trinajstić information content (AvgIpc) is 3.09. The molecule has 1 aliphatic rings. The third-order valence-corrected chi connectivity index (χ3v) is 4.31. The van der Waals surface area contributed by atoms with Gasteiger partial charge in [-0.2, -0.15) is 0 Å². The minimum atomic E-state index is -1.13. The van der Waals surface area contributed by atoms with Crippen LogP contribution in [0.2, 0.25) is 0 Å². The summed E-state index contributed by atoms with van der Waals surface area (Å²) < 4.78 is 6.92. The highest BCUT2D eigenvalue weighted by molar-refractivity contribution is 5.82. The number of ether oxygens (including phenoxy) is 1. The van der Waals surface area contributed by atoms with Crippen LogP contribution in [0, 0.1) is 0 Å². The number of alkyl carbamates (subject to hydrolysis) is 1. The van der Waals surface area contributed by atoms with E-state index in [2.05, 4.69) is 25.6 Å². The molecule has 4 N–H and O–H groups in total. The molecule has 0 saturated heterocycles. The summed E-state index contributed by atoms with van der Waals surface area (Å²) in [7, 11) is 1.73. The van der Waals surface area contributed by atoms with Crippen LogP contribution in [0.4, 0.5) is 10.6 Å². The number of rotatable bonds is 3. The van der Waals surface area contributed by atoms with Crippen LogP contribution in [0.25, 0.3) is 11.2 Å². The van der Waals surface area contributed by atoms with Crippen LogP contribution in [-0.2, 0) is 4.74 Å². The van der Waals surface area contributed by atoms with Crippen molar-refractivity contribution in [3.8, 4) is 0 Å². The lowest BCUT2D eigenvalue weighted by atomic mass is 10.2. The molecule has 2 heterocycles. The number of carbonyl (C=O) groups is 1. The van der Waals surface area contributed by atoms with Crippen molar-refractivity contribution < 1.29 is 19.7 Å². The number of fused-ring (bicyclic) bond motifs is 1. The maximum Gasteiger partial charge on any atom is 0.407 e. The van der Waals surface area contributed by atoms with Gasteiger partial charge < -0.3 is 30.2 Å². The molecule has 0 spiro atoms. The molecule has 10 nitrogen and oxygen atoms in total. The predicted molar refractivity (Wildman–Crippen MR) is 93.7 cm³/mol. The molecule has 0 bridgehead atoms. The van der Waals surface area contributed by atoms with Crippen molar-refractivity contribution in [3.05, 3.63) is 12.7 Å². The minimum absolute atomic E-state index is 0.311. The Balaban J connectivity index is 1.81. The molecule has 142 valence electrons. The molecule has 4 atom stereocenters. The molecular weight excluding hydrogens is 340 g/mol. The van der Waals surface area contributed by atoms with Crippen molar-refractivity contribution in [3.63, 3.8) is 0 Å². The van der Waals surface area contributed by atoms with Crippen molar-refractivity contribution in [2.45, 2.75) is 57.1 Å². The van der Waals surface area contributed by atoms with Crippen LogP contribution >= 0.6 is 0 Å². The molecule has 2 aromatic heterocycles. The van der Waals surface area contributed by atoms with Crippen LogP contribution in [0.5, 0.6) is 0 Å². The Morgan fingerprint density at radius 3 is 2.65 bits per heavy atom. The Kier molecular flexibility index (Phi) is 4.72. The molecule has 3 rings (SSSR count). The van der Waals surface area contributed by atoms with Crippen LogP contribution < -0.4 is 10.6 Å². The van der Waals surface area contributed by atoms with Gasteiger partial charge in [-0.15, -0.1) is 0 Å². The van der Waals surface area contributed by atoms with E-state index in [0.29, 0.717) is 23.4 Å². The van der Waals surface area contributed by atoms with E-state index < -0.39 is 36.0 Å². The Morgan fingerprint density at radius 1 is 1.27 bits per heavy atom. The van der Waals surface area contributed by atoms with Gasteiger partial charge in [0.2, 0.25) is 0 Å². The number of amides is 1. The highest BCUT2D eigenvalue weighted by Gasteiger charge is 2.44. The standard InChI is InChI=1S/C16H24N6O4/c1-16(2,3)26-15(25)21-8-5-9(12(24)11(8)23)22-7-20-10-13(17-4)18-6-19-14(10)22/h6-9,11-12,23-24H,5H2,1-4H3,(H,21,25)(H,17,18,19)/t8-,9+,11+,12-/m1/s1. The Morgan fingerprint density at radius 2 is 2.00 bits per heavy atom. The first-order valence-electron chi connectivity index (χ1n) is 8.42. The minimum Gasteiger partial charge on any atom is -0.444 e. The zero-order valence-electron chi connectivity index (χ0n) is 15.2. The quantitative estimate of drug-likeness (QED) is 0.616. The SMILES string of the molecule is CNc1ncnc2c1ncn2[C@H]1C[C@@H](NC(=O)OC(C)(C)C)[C@H](O)[C@@H]1O. The van der Waals surface area contributed by atoms with E-state index in [-0.39, 0.29) is 0 Å². The van der Waals surface area contributed by atoms with E-state index in [1.807, 2.05) is 0 Å². The number of nitrogens with one attached hydrogen (secondary N) is 2. The molecule has 1 fully saturated rings. The molecule has 2 aromatic rings. The zero-order chi connectivity index (χ0) is 19.1. The first-order chi connectivity index (χ1) is 12.2. The normalized spacial score (nSPS) is 26.1. The van der Waals surface area contributed by atoms with Crippen LogP contribution in [0.15, 0.2) is 12.7 Å². The Hall–Kier alpha value is -2.46. The van der Waals surface area contributed by atoms with Crippen molar-refractivity contribution >= 4 is 23.1 Å². The number of imidazole rings is 1. The smallest absolute Gasteiger partial charge is 0.407 e. The number of hydrogen-bond acceptors (Lipinski definition) is 8. The largest absolute Gasteiger partial charge is 0.444 e. The summed E-state index contributed by atoms with van der Waals surface area (Å²) in [6.45, 7) is 5.27. The maximum absolute atomic E-state index is 12.0. The van der Waals surface area contributed by atoms with Gasteiger partial charge in [0.25, 0.3) is 0 Å². The number of nitrogens with zero attached hydrogens (tertiary/aromatic N) is 4. The molecule has 1 amide bonds. The van der Waals surface area contributed by atoms with Gasteiger partial charge in [0.15, 0.2) is 11.5 Å². The summed E-state index contributed by atoms with van der Waals surface area (Å²) in [5.74, 6) is 0.574. The van der Waals surface area contributed by atoms with Gasteiger partial charge in [0.05, 0.1) is 18.4 Å². The summed E-state index contributed by atoms with van der Waals surface area (Å²) in [6.07, 6.45) is 0.420. The first-order valence-corrected chi connectivity index (χ1v) is 8.42. The van der Waals surface area contributed by atoms with Gasteiger partial charge in [-0.05, 0) is 27.2 Å². The van der Waals surface area contributed by atoms with E-state index in [4.69, 9.17) is 4.74 Å². The fourth-order valence-electron chi connectivity index (χ4n) is 3.16. The van der Waals surface area contributed by atoms with Gasteiger partial charge in [-0.1, -0.05) is 0 Å². The summed E-state index contributed by atoms with van der Waals surface area (Å²) in [5.41, 5.74) is 0.464. The second kappa shape index (κ2) is 6.69. The fourth-order valence-corrected chi connectivity index (χ4v) is 3.16. The number of hydrogen-bond donors (Lipinski definition) is 4. The number of carbonyl (C=O) groups excluding carboxylic acids is 1. The van der Waals surface area contributed by atoms with Crippen LogP contribution in [0.1, 0.15) is 33.2 Å². The first kappa shape index (κ1) is 18.3. The maximum atomic E-state index is 12.0. The molecular formula is C16H24N6O4. The summed E-state index contributed by atoms with van der Waals surface area (Å²) in [6, 6.07) is -1.14. The third kappa shape index (κ3) is 3.42. The molecule has 1 aliphatic carbocycles. The van der Waals surface area contributed by atoms with E-state index in [1.165, 1.54) is 6.33 Å². The molecule has 1 saturated carbocycles. The fraction of sp³-hybridized carbons (Fsp3) is 0.625. The van der Waals surface area contributed by atoms with Crippen LogP contribution in [0.3, 0.4) is 0 Å². The highest BCUT2D eigenvalue weighted by atomic mass is 16.6. The highest BCUT2D eigenvalue weighted by Crippen LogP contribution is 2.33. The van der Waals surface area contributed by atoms with Crippen molar-refractivity contribution in [2.75, 3.05) is 12.4 Å². The van der Waals surface area contributed by atoms with Crippen molar-refractivity contribution in [1.29, 1.82) is 0 Å². The summed E-state index contributed by atoms with van der Waals surface area (Å²) >= 11 is 0. The van der Waals surface area contributed by atoms with Crippen molar-refractivity contribution in [1.82, 2.24) is 24.8 Å². The topological polar surface area (TPSA) is 134 Å². The van der Waals surface area contributed by atoms with Gasteiger partial charge >= 0.3 is 6.09 Å². The predicted octanol–water partition coefficient (Wildman–Crippen LogP) is 0.428. The summed E-state index contributed by atoms with van der Waals surface area (Å²) in [4.78, 5) is 24.6. The number of aliphatic hydroxyl groups excluding tert-OH is 2. The molecule has 10 heteroatoms. The van der Waals surface area contributed by atoms with Gasteiger partial charge in [0, 0.05) is 7.05 Å². The molecule has 0 aromatic carbocycles. The number of anilines is 1. The Bertz CT molecular complexity index is 802. The lowest BCUT2D eigenvalue weighted by Crippen LogP contribution is -2.45. The Labute approximate surface area is 150 Å². The van der Waals surface area contributed by atoms with E-state index in [1.54, 1.807) is 38.7 Å². The lowest BCUT2D eigenvalue weighted by molar-refractivity contribution is 0.00906. The molecule has 0 radical (unpaired) electrons. The zero-order valence-corrected chi connectivity index (χ0v) is 15.2. The number of aromatic nitrogens is 4. The molecule has 26 heavy (non-hydrogen) atoms. The van der Waals surface area contributed by atoms with E-state index >= 15 is 0 Å². The van der Waals surface area contributed by atoms with Gasteiger partial charge in [-0.3, -0.25) is 0 Å². The van der Waals surface area contributed by atoms with E-state index in [0.717, 1.165) is 0 Å². The molecule has 0 unspecified atom stereocenters. The monoisotopic (exact) mass is 364 g/mol. The molecule has 0 aliphatic heterocycles. The van der Waals surface area contributed by atoms with Gasteiger partial charge in [-0.25, -0.2) is 19.7 Å². The van der Waals surface area contributed by atoms with Gasteiger partial charge in [0.1, 0.15) is 29.7 Å².